The summed E-state index contributed by atoms with van der Waals surface area (Å²) in [5, 5.41) is 42.4. The molecule has 11 N–H and O–H groups in total. The number of hydrogen-bond donors (Lipinski definition) is 10. The van der Waals surface area contributed by atoms with Gasteiger partial charge in [-0.3, -0.25) is 34.2 Å². The van der Waals surface area contributed by atoms with Gasteiger partial charge in [0.25, 0.3) is 0 Å². The Balaban J connectivity index is 2.98. The lowest BCUT2D eigenvalue weighted by molar-refractivity contribution is -0.135. The molecule has 5 atom stereocenters. The van der Waals surface area contributed by atoms with E-state index in [0.717, 1.165) is 26.2 Å². The van der Waals surface area contributed by atoms with Crippen LogP contribution in [-0.2, 0) is 35.2 Å². The molecule has 1 aromatic carbocycles. The van der Waals surface area contributed by atoms with Crippen LogP contribution in [0, 0.1) is 11.3 Å². The lowest BCUT2D eigenvalue weighted by Crippen LogP contribution is -2.60. The van der Waals surface area contributed by atoms with Crippen molar-refractivity contribution in [3.05, 3.63) is 35.9 Å². The maximum Gasteiger partial charge on any atom is 0.245 e. The molecule has 0 saturated heterocycles. The van der Waals surface area contributed by atoms with Gasteiger partial charge in [0.15, 0.2) is 11.7 Å². The molecular weight excluding hydrogens is 757 g/mol. The van der Waals surface area contributed by atoms with Crippen LogP contribution in [-0.4, -0.2) is 101 Å². The molecule has 1 aromatic rings. The molecule has 1 rings (SSSR count). The summed E-state index contributed by atoms with van der Waals surface area (Å²) in [7, 11) is 0. The molecule has 0 aromatic heterocycles. The Bertz CT molecular complexity index is 1410. The van der Waals surface area contributed by atoms with Gasteiger partial charge in [-0.25, -0.2) is 0 Å². The van der Waals surface area contributed by atoms with E-state index in [1.165, 1.54) is 57.8 Å². The summed E-state index contributed by atoms with van der Waals surface area (Å²) in [5.74, 6) is -4.45. The summed E-state index contributed by atoms with van der Waals surface area (Å²) in [4.78, 5) is 78.9. The van der Waals surface area contributed by atoms with E-state index in [-0.39, 0.29) is 50.0 Å². The zero-order valence-electron chi connectivity index (χ0n) is 35.9. The monoisotopic (exact) mass is 831 g/mol. The van der Waals surface area contributed by atoms with Crippen LogP contribution in [0.5, 0.6) is 0 Å². The number of nitrogens with one attached hydrogen (secondary N) is 7. The number of aliphatic hydroxyl groups excluding tert-OH is 2. The Morgan fingerprint density at radius 1 is 0.627 bits per heavy atom. The molecule has 0 heterocycles. The van der Waals surface area contributed by atoms with E-state index in [0.29, 0.717) is 12.0 Å². The van der Waals surface area contributed by atoms with Crippen LogP contribution in [0.2, 0.25) is 0 Å². The summed E-state index contributed by atoms with van der Waals surface area (Å²) in [5.41, 5.74) is 6.10. The van der Waals surface area contributed by atoms with Crippen molar-refractivity contribution in [3.8, 4) is 0 Å². The summed E-state index contributed by atoms with van der Waals surface area (Å²) in [6.07, 6.45) is 16.0. The zero-order chi connectivity index (χ0) is 44.0. The van der Waals surface area contributed by atoms with Gasteiger partial charge in [0.05, 0.1) is 13.2 Å². The fourth-order valence-corrected chi connectivity index (χ4v) is 6.49. The summed E-state index contributed by atoms with van der Waals surface area (Å²) in [6.45, 7) is 5.62. The number of carbonyl (C=O) groups excluding carboxylic acids is 6. The van der Waals surface area contributed by atoms with Gasteiger partial charge in [-0.2, -0.15) is 0 Å². The van der Waals surface area contributed by atoms with Crippen molar-refractivity contribution < 1.29 is 39.0 Å². The number of nitrogens with two attached hydrogens (primary N) is 1. The molecule has 0 fully saturated rings. The van der Waals surface area contributed by atoms with E-state index in [1.54, 1.807) is 44.2 Å². The van der Waals surface area contributed by atoms with Gasteiger partial charge in [-0.15, -0.1) is 0 Å². The normalized spacial score (nSPS) is 13.6. The average Bonchev–Trinajstić information content (AvgIpc) is 3.20. The Morgan fingerprint density at radius 3 is 1.61 bits per heavy atom. The Hall–Kier alpha value is -4.57. The lowest BCUT2D eigenvalue weighted by atomic mass is 10.00. The van der Waals surface area contributed by atoms with Crippen molar-refractivity contribution in [2.24, 2.45) is 11.7 Å². The third kappa shape index (κ3) is 23.6. The number of amides is 5. The fourth-order valence-electron chi connectivity index (χ4n) is 6.49. The molecule has 0 aliphatic rings. The lowest BCUT2D eigenvalue weighted by Gasteiger charge is -2.27. The van der Waals surface area contributed by atoms with E-state index in [9.17, 15) is 39.0 Å². The van der Waals surface area contributed by atoms with Gasteiger partial charge in [0, 0.05) is 19.4 Å². The molecule has 0 radical (unpaired) electrons. The fraction of sp³-hybridized carbons (Fsp3) is 0.698. The van der Waals surface area contributed by atoms with Crippen molar-refractivity contribution in [3.63, 3.8) is 0 Å². The second kappa shape index (κ2) is 31.4. The number of unbranched alkanes of at least 4 members (excludes halogenated alkanes) is 12. The maximum atomic E-state index is 14.0. The molecule has 0 saturated carbocycles. The van der Waals surface area contributed by atoms with Crippen LogP contribution in [0.15, 0.2) is 30.3 Å². The topological polar surface area (TPSA) is 265 Å². The van der Waals surface area contributed by atoms with Crippen LogP contribution >= 0.6 is 0 Å². The summed E-state index contributed by atoms with van der Waals surface area (Å²) >= 11 is 0. The number of hydrogen-bond acceptors (Lipinski definition) is 9. The van der Waals surface area contributed by atoms with Crippen molar-refractivity contribution in [1.82, 2.24) is 31.9 Å². The number of Topliss-reactive ketones (excluding diaryl/α,β-unsaturated/α-hetero) is 1. The molecule has 0 bridgehead atoms. The van der Waals surface area contributed by atoms with Crippen molar-refractivity contribution in [1.29, 1.82) is 5.41 Å². The van der Waals surface area contributed by atoms with Crippen molar-refractivity contribution in [2.75, 3.05) is 19.8 Å². The van der Waals surface area contributed by atoms with Crippen molar-refractivity contribution >= 4 is 41.3 Å². The van der Waals surface area contributed by atoms with Gasteiger partial charge in [-0.1, -0.05) is 128 Å². The van der Waals surface area contributed by atoms with E-state index in [2.05, 4.69) is 38.8 Å². The van der Waals surface area contributed by atoms with E-state index in [1.807, 2.05) is 0 Å². The number of rotatable bonds is 33. The summed E-state index contributed by atoms with van der Waals surface area (Å²) < 4.78 is 0. The molecule has 16 nitrogen and oxygen atoms in total. The van der Waals surface area contributed by atoms with Crippen LogP contribution in [0.25, 0.3) is 0 Å². The molecule has 0 spiro atoms. The minimum absolute atomic E-state index is 0.000204. The first kappa shape index (κ1) is 52.4. The maximum absolute atomic E-state index is 14.0. The highest BCUT2D eigenvalue weighted by Gasteiger charge is 2.33. The molecule has 0 aliphatic heterocycles. The van der Waals surface area contributed by atoms with Crippen LogP contribution in [0.3, 0.4) is 0 Å². The first-order valence-electron chi connectivity index (χ1n) is 21.6. The van der Waals surface area contributed by atoms with Gasteiger partial charge in [-0.05, 0) is 37.7 Å². The highest BCUT2D eigenvalue weighted by atomic mass is 16.3. The molecule has 5 amide bonds. The van der Waals surface area contributed by atoms with Gasteiger partial charge in [0.1, 0.15) is 30.2 Å². The minimum atomic E-state index is -1.53. The van der Waals surface area contributed by atoms with Crippen molar-refractivity contribution in [2.45, 2.75) is 167 Å². The first-order chi connectivity index (χ1) is 28.2. The number of ketones is 1. The number of guanidine groups is 1. The SMILES string of the molecule is CCCCCCCCCCCCCCCC(=O)N[C@H](C(=O)N[C@@H](Cc1ccccc1)C(=O)N[C@@H](CCCNC(=N)N)C(=O)N[C@@H](CO)C(=O)N[C@@H](CO)C(C)=O)C(C)C. The highest BCUT2D eigenvalue weighted by molar-refractivity contribution is 5.96. The molecule has 334 valence electrons. The quantitative estimate of drug-likeness (QED) is 0.0281. The largest absolute Gasteiger partial charge is 0.394 e. The number of carbonyl (C=O) groups is 6. The Kier molecular flexibility index (Phi) is 27.9. The van der Waals surface area contributed by atoms with E-state index in [4.69, 9.17) is 11.1 Å². The van der Waals surface area contributed by atoms with Crippen LogP contribution in [0.1, 0.15) is 136 Å². The van der Waals surface area contributed by atoms with E-state index < -0.39 is 72.8 Å². The molecule has 0 unspecified atom stereocenters. The van der Waals surface area contributed by atoms with Crippen LogP contribution in [0.4, 0.5) is 0 Å². The third-order valence-corrected chi connectivity index (χ3v) is 10.1. The standard InChI is InChI=1S/C43H74N8O8/c1-5-6-7-8-9-10-11-12-13-14-15-16-20-25-37(55)51-38(30(2)3)42(59)48-34(27-32-22-18-17-19-23-32)40(57)47-33(24-21-26-46-43(44)45)39(56)50-36(29-53)41(58)49-35(28-52)31(4)54/h17-19,22-23,30,33-36,38,52-53H,5-16,20-21,24-29H2,1-4H3,(H,47,57)(H,48,59)(H,49,58)(H,50,56)(H,51,55)(H4,44,45,46)/t33-,34-,35-,36-,38-/m0/s1. The molecule has 0 aliphatic carbocycles. The zero-order valence-corrected chi connectivity index (χ0v) is 35.9. The second-order valence-corrected chi connectivity index (χ2v) is 15.7. The summed E-state index contributed by atoms with van der Waals surface area (Å²) in [6, 6.07) is 2.76. The van der Waals surface area contributed by atoms with E-state index >= 15 is 0 Å². The van der Waals surface area contributed by atoms with Gasteiger partial charge < -0.3 is 47.8 Å². The number of benzene rings is 1. The first-order valence-corrected chi connectivity index (χ1v) is 21.6. The second-order valence-electron chi connectivity index (χ2n) is 15.7. The predicted octanol–water partition coefficient (Wildman–Crippen LogP) is 2.63. The highest BCUT2D eigenvalue weighted by Crippen LogP contribution is 2.14. The third-order valence-electron chi connectivity index (χ3n) is 10.1. The minimum Gasteiger partial charge on any atom is -0.394 e. The van der Waals surface area contributed by atoms with Gasteiger partial charge in [0.2, 0.25) is 29.5 Å². The molecular formula is C43H74N8O8. The van der Waals surface area contributed by atoms with Crippen LogP contribution < -0.4 is 37.6 Å². The number of aliphatic hydroxyl groups is 2. The molecule has 16 heteroatoms. The van der Waals surface area contributed by atoms with Gasteiger partial charge >= 0.3 is 0 Å². The molecule has 59 heavy (non-hydrogen) atoms. The Labute approximate surface area is 351 Å². The average molecular weight is 831 g/mol. The smallest absolute Gasteiger partial charge is 0.245 e. The predicted molar refractivity (Wildman–Crippen MR) is 229 cm³/mol. The Morgan fingerprint density at radius 2 is 1.10 bits per heavy atom.